The molecule has 1 aromatic rings. The summed E-state index contributed by atoms with van der Waals surface area (Å²) in [5.41, 5.74) is 1.71. The molecule has 0 aliphatic heterocycles. The summed E-state index contributed by atoms with van der Waals surface area (Å²) in [7, 11) is 1.68. The first-order valence-electron chi connectivity index (χ1n) is 4.24. The van der Waals surface area contributed by atoms with Crippen LogP contribution in [0.25, 0.3) is 0 Å². The van der Waals surface area contributed by atoms with E-state index in [1.54, 1.807) is 18.5 Å². The molecule has 72 valence electrons. The molecule has 0 aliphatic carbocycles. The maximum absolute atomic E-state index is 10.5. The highest BCUT2D eigenvalue weighted by Gasteiger charge is 2.20. The predicted molar refractivity (Wildman–Crippen MR) is 48.6 cm³/mol. The van der Waals surface area contributed by atoms with Gasteiger partial charge in [0, 0.05) is 6.42 Å². The van der Waals surface area contributed by atoms with E-state index in [-0.39, 0.29) is 5.95 Å². The molecule has 0 N–H and O–H groups in total. The molecule has 1 heterocycles. The van der Waals surface area contributed by atoms with E-state index in [2.05, 4.69) is 4.98 Å². The number of aryl methyl sites for hydroxylation is 1. The van der Waals surface area contributed by atoms with Crippen LogP contribution in [0.1, 0.15) is 24.7 Å². The van der Waals surface area contributed by atoms with E-state index in [4.69, 9.17) is 0 Å². The lowest BCUT2D eigenvalue weighted by molar-refractivity contribution is -0.396. The molecule has 1 rings (SSSR count). The van der Waals surface area contributed by atoms with Crippen LogP contribution in [-0.4, -0.2) is 14.5 Å². The Morgan fingerprint density at radius 1 is 1.62 bits per heavy atom. The van der Waals surface area contributed by atoms with E-state index < -0.39 is 4.92 Å². The minimum atomic E-state index is -0.452. The maximum atomic E-state index is 10.5. The van der Waals surface area contributed by atoms with E-state index in [1.165, 1.54) is 0 Å². The Hall–Kier alpha value is -1.39. The zero-order chi connectivity index (χ0) is 10.0. The van der Waals surface area contributed by atoms with Crippen molar-refractivity contribution in [1.29, 1.82) is 0 Å². The number of hydrogen-bond donors (Lipinski definition) is 0. The Morgan fingerprint density at radius 3 is 2.62 bits per heavy atom. The van der Waals surface area contributed by atoms with E-state index in [0.717, 1.165) is 24.2 Å². The highest BCUT2D eigenvalue weighted by Crippen LogP contribution is 2.16. The Bertz CT molecular complexity index is 330. The molecule has 5 heteroatoms. The van der Waals surface area contributed by atoms with Crippen LogP contribution in [0.3, 0.4) is 0 Å². The van der Waals surface area contributed by atoms with Crippen LogP contribution in [0.4, 0.5) is 5.95 Å². The molecule has 1 aromatic heterocycles. The SMILES string of the molecule is CCCc1c(C)nc([N+](=O)[O-])n1C. The number of nitrogens with zero attached hydrogens (tertiary/aromatic N) is 3. The maximum Gasteiger partial charge on any atom is 0.434 e. The second-order valence-electron chi connectivity index (χ2n) is 3.01. The van der Waals surface area contributed by atoms with Crippen molar-refractivity contribution in [2.24, 2.45) is 7.05 Å². The van der Waals surface area contributed by atoms with E-state index in [0.29, 0.717) is 0 Å². The molecule has 0 bridgehead atoms. The molecule has 0 spiro atoms. The molecule has 0 saturated heterocycles. The molecular formula is C8H13N3O2. The largest absolute Gasteiger partial charge is 0.434 e. The third-order valence-electron chi connectivity index (χ3n) is 2.04. The first kappa shape index (κ1) is 9.70. The lowest BCUT2D eigenvalue weighted by Gasteiger charge is -1.97. The van der Waals surface area contributed by atoms with Gasteiger partial charge in [0.05, 0.1) is 7.05 Å². The number of hydrogen-bond acceptors (Lipinski definition) is 3. The summed E-state index contributed by atoms with van der Waals surface area (Å²) in [6, 6.07) is 0. The summed E-state index contributed by atoms with van der Waals surface area (Å²) in [5.74, 6) is -0.0686. The first-order chi connectivity index (χ1) is 6.07. The highest BCUT2D eigenvalue weighted by atomic mass is 16.6. The quantitative estimate of drug-likeness (QED) is 0.528. The minimum Gasteiger partial charge on any atom is -0.390 e. The Kier molecular flexibility index (Phi) is 2.65. The third kappa shape index (κ3) is 1.68. The van der Waals surface area contributed by atoms with Crippen LogP contribution in [0.2, 0.25) is 0 Å². The van der Waals surface area contributed by atoms with Crippen molar-refractivity contribution in [2.75, 3.05) is 0 Å². The van der Waals surface area contributed by atoms with Gasteiger partial charge in [0.25, 0.3) is 0 Å². The van der Waals surface area contributed by atoms with Crippen LogP contribution in [0.5, 0.6) is 0 Å². The second-order valence-corrected chi connectivity index (χ2v) is 3.01. The predicted octanol–water partition coefficient (Wildman–Crippen LogP) is 1.59. The van der Waals surface area contributed by atoms with Crippen LogP contribution in [0.15, 0.2) is 0 Å². The molecule has 0 saturated carbocycles. The summed E-state index contributed by atoms with van der Waals surface area (Å²) in [6.07, 6.45) is 1.81. The summed E-state index contributed by atoms with van der Waals surface area (Å²) in [5, 5.41) is 10.5. The molecule has 0 atom stereocenters. The van der Waals surface area contributed by atoms with Gasteiger partial charge in [0.15, 0.2) is 5.69 Å². The molecule has 0 radical (unpaired) electrons. The van der Waals surface area contributed by atoms with Crippen molar-refractivity contribution < 1.29 is 4.92 Å². The van der Waals surface area contributed by atoms with Gasteiger partial charge in [-0.2, -0.15) is 0 Å². The summed E-state index contributed by atoms with van der Waals surface area (Å²) in [6.45, 7) is 3.84. The van der Waals surface area contributed by atoms with Gasteiger partial charge in [-0.15, -0.1) is 0 Å². The normalized spacial score (nSPS) is 10.4. The lowest BCUT2D eigenvalue weighted by atomic mass is 10.2. The fourth-order valence-electron chi connectivity index (χ4n) is 1.40. The van der Waals surface area contributed by atoms with Crippen LogP contribution in [0, 0.1) is 17.0 Å². The van der Waals surface area contributed by atoms with Crippen molar-refractivity contribution in [2.45, 2.75) is 26.7 Å². The molecule has 13 heavy (non-hydrogen) atoms. The molecule has 0 aliphatic rings. The number of nitro groups is 1. The van der Waals surface area contributed by atoms with E-state index in [9.17, 15) is 10.1 Å². The smallest absolute Gasteiger partial charge is 0.390 e. The molecule has 0 unspecified atom stereocenters. The van der Waals surface area contributed by atoms with E-state index in [1.807, 2.05) is 6.92 Å². The van der Waals surface area contributed by atoms with Gasteiger partial charge in [-0.3, -0.25) is 0 Å². The van der Waals surface area contributed by atoms with Crippen molar-refractivity contribution in [3.63, 3.8) is 0 Å². The summed E-state index contributed by atoms with van der Waals surface area (Å²) < 4.78 is 1.55. The van der Waals surface area contributed by atoms with Gasteiger partial charge in [-0.1, -0.05) is 11.9 Å². The molecule has 0 fully saturated rings. The van der Waals surface area contributed by atoms with Gasteiger partial charge in [0.1, 0.15) is 5.69 Å². The van der Waals surface area contributed by atoms with Crippen LogP contribution >= 0.6 is 0 Å². The Balaban J connectivity index is 3.14. The Labute approximate surface area is 76.5 Å². The first-order valence-corrected chi connectivity index (χ1v) is 4.24. The van der Waals surface area contributed by atoms with Gasteiger partial charge in [-0.05, 0) is 18.3 Å². The van der Waals surface area contributed by atoms with Gasteiger partial charge < -0.3 is 10.1 Å². The molecule has 0 aromatic carbocycles. The molecular weight excluding hydrogens is 170 g/mol. The van der Waals surface area contributed by atoms with Crippen molar-refractivity contribution in [1.82, 2.24) is 9.55 Å². The van der Waals surface area contributed by atoms with Crippen molar-refractivity contribution >= 4 is 5.95 Å². The van der Waals surface area contributed by atoms with Crippen molar-refractivity contribution in [3.05, 3.63) is 21.5 Å². The zero-order valence-corrected chi connectivity index (χ0v) is 8.07. The fraction of sp³-hybridized carbons (Fsp3) is 0.625. The number of rotatable bonds is 3. The average Bonchev–Trinajstić information content (AvgIpc) is 2.32. The third-order valence-corrected chi connectivity index (χ3v) is 2.04. The highest BCUT2D eigenvalue weighted by molar-refractivity contribution is 5.22. The monoisotopic (exact) mass is 183 g/mol. The number of imidazole rings is 1. The minimum absolute atomic E-state index is 0.0686. The van der Waals surface area contributed by atoms with Crippen LogP contribution < -0.4 is 0 Å². The summed E-state index contributed by atoms with van der Waals surface area (Å²) >= 11 is 0. The second kappa shape index (κ2) is 3.55. The standard InChI is InChI=1S/C8H13N3O2/c1-4-5-7-6(2)9-8(10(7)3)11(12)13/h4-5H2,1-3H3. The topological polar surface area (TPSA) is 61.0 Å². The lowest BCUT2D eigenvalue weighted by Crippen LogP contribution is -2.01. The molecule has 5 nitrogen and oxygen atoms in total. The van der Waals surface area contributed by atoms with Crippen LogP contribution in [-0.2, 0) is 13.5 Å². The Morgan fingerprint density at radius 2 is 2.23 bits per heavy atom. The molecule has 0 amide bonds. The van der Waals surface area contributed by atoms with Crippen molar-refractivity contribution in [3.8, 4) is 0 Å². The number of aromatic nitrogens is 2. The zero-order valence-electron chi connectivity index (χ0n) is 8.07. The van der Waals surface area contributed by atoms with Gasteiger partial charge >= 0.3 is 5.95 Å². The fourth-order valence-corrected chi connectivity index (χ4v) is 1.40. The van der Waals surface area contributed by atoms with E-state index >= 15 is 0 Å². The average molecular weight is 183 g/mol. The summed E-state index contributed by atoms with van der Waals surface area (Å²) in [4.78, 5) is 14.0. The van der Waals surface area contributed by atoms with Gasteiger partial charge in [-0.25, -0.2) is 4.57 Å². The van der Waals surface area contributed by atoms with Gasteiger partial charge in [0.2, 0.25) is 0 Å².